The highest BCUT2D eigenvalue weighted by atomic mass is 31.0. The third-order valence-corrected chi connectivity index (χ3v) is 4.89. The highest BCUT2D eigenvalue weighted by Crippen LogP contribution is 2.18. The van der Waals surface area contributed by atoms with Gasteiger partial charge in [0.2, 0.25) is 14.8 Å². The Kier molecular flexibility index (Phi) is 22.6. The normalized spacial score (nSPS) is 19.9. The number of hydrogen-bond donors (Lipinski definition) is 2. The molecule has 15 heteroatoms. The average molecular weight is 502 g/mol. The summed E-state index contributed by atoms with van der Waals surface area (Å²) >= 11 is 0. The van der Waals surface area contributed by atoms with Crippen LogP contribution < -0.4 is 0 Å². The van der Waals surface area contributed by atoms with Crippen LogP contribution in [0, 0.1) is 13.8 Å². The summed E-state index contributed by atoms with van der Waals surface area (Å²) in [5.74, 6) is 1.43. The molecule has 4 unspecified atom stereocenters. The third-order valence-electron chi connectivity index (χ3n) is 4.89. The van der Waals surface area contributed by atoms with Gasteiger partial charge in [0.25, 0.3) is 0 Å². The van der Waals surface area contributed by atoms with Gasteiger partial charge in [0.1, 0.15) is 0 Å². The lowest BCUT2D eigenvalue weighted by molar-refractivity contribution is 0.108. The molecule has 2 saturated heterocycles. The van der Waals surface area contributed by atoms with Gasteiger partial charge in [-0.1, -0.05) is 33.7 Å². The van der Waals surface area contributed by atoms with Crippen LogP contribution in [0.25, 0.3) is 0 Å². The van der Waals surface area contributed by atoms with Gasteiger partial charge in [-0.05, 0) is 57.8 Å². The highest BCUT2D eigenvalue weighted by Gasteiger charge is 2.21. The standard InChI is InChI=1S/C8H15BN5.C6H13BNO.C2H4N4.2CH4.2H3P/c1-7-10-12-14(11-7)8-4-3-5-13(6-8)9-2;1-7-8-4-2-3-6(9)5-8;1-2-3-5-6-4-2;;;;/h8H,3-6H2,1-2H3;6,9H,2-5H2,1H3;1H3,(H,3,4,5,6);2*1H4;2*1H3. The number of piperidine rings is 2. The monoisotopic (exact) mass is 502 g/mol. The van der Waals surface area contributed by atoms with Crippen LogP contribution in [-0.4, -0.2) is 103 Å². The topological polar surface area (TPSA) is 125 Å². The van der Waals surface area contributed by atoms with Crippen LogP contribution in [0.1, 0.15) is 58.2 Å². The van der Waals surface area contributed by atoms with E-state index in [1.54, 1.807) is 11.7 Å². The predicted octanol–water partition coefficient (Wildman–Crippen LogP) is 1.29. The third kappa shape index (κ3) is 14.1. The van der Waals surface area contributed by atoms with Gasteiger partial charge in [0.15, 0.2) is 11.6 Å². The minimum absolute atomic E-state index is 0. The summed E-state index contributed by atoms with van der Waals surface area (Å²) in [4.78, 5) is 6.23. The number of rotatable bonds is 3. The van der Waals surface area contributed by atoms with Crippen molar-refractivity contribution in [1.82, 2.24) is 50.5 Å². The van der Waals surface area contributed by atoms with Crippen molar-refractivity contribution in [1.29, 1.82) is 0 Å². The first-order valence-corrected chi connectivity index (χ1v) is 10.2. The van der Waals surface area contributed by atoms with E-state index in [4.69, 9.17) is 5.11 Å². The number of tetrazole rings is 2. The van der Waals surface area contributed by atoms with E-state index >= 15 is 0 Å². The second-order valence-corrected chi connectivity index (χ2v) is 7.21. The van der Waals surface area contributed by atoms with Crippen molar-refractivity contribution < 1.29 is 5.11 Å². The number of aliphatic hydroxyl groups excluding tert-OH is 1. The number of β-amino-alcohol motifs (C(OH)–C–C–N with tert-alkyl or cyclic N) is 1. The molecule has 2 fully saturated rings. The largest absolute Gasteiger partial charge is 0.392 e. The summed E-state index contributed by atoms with van der Waals surface area (Å²) in [6, 6.07) is 0.390. The summed E-state index contributed by atoms with van der Waals surface area (Å²) < 4.78 is 0. The molecule has 0 aliphatic carbocycles. The van der Waals surface area contributed by atoms with E-state index in [1.807, 2.05) is 21.2 Å². The van der Waals surface area contributed by atoms with Crippen LogP contribution >= 0.6 is 19.8 Å². The number of aromatic nitrogens is 8. The van der Waals surface area contributed by atoms with E-state index in [2.05, 4.69) is 59.9 Å². The molecule has 11 nitrogen and oxygen atoms in total. The molecule has 0 aromatic carbocycles. The molecule has 4 heterocycles. The molecule has 2 aliphatic heterocycles. The van der Waals surface area contributed by atoms with Crippen LogP contribution in [0.3, 0.4) is 0 Å². The molecule has 0 bridgehead atoms. The lowest BCUT2D eigenvalue weighted by atomic mass is 9.91. The minimum Gasteiger partial charge on any atom is -0.392 e. The molecule has 0 amide bonds. The molecule has 2 aromatic heterocycles. The molecule has 2 aliphatic rings. The maximum atomic E-state index is 9.15. The number of nitrogens with one attached hydrogen (secondary N) is 1. The van der Waals surface area contributed by atoms with Crippen molar-refractivity contribution in [2.75, 3.05) is 26.2 Å². The Hall–Kier alpha value is -0.990. The van der Waals surface area contributed by atoms with Gasteiger partial charge in [-0.2, -0.15) is 29.8 Å². The molecule has 33 heavy (non-hydrogen) atoms. The Labute approximate surface area is 208 Å². The number of H-pyrrole nitrogens is 1. The first kappa shape index (κ1) is 36.6. The van der Waals surface area contributed by atoms with Gasteiger partial charge in [-0.15, -0.1) is 20.4 Å². The maximum Gasteiger partial charge on any atom is 0.205 e. The van der Waals surface area contributed by atoms with Crippen molar-refractivity contribution in [2.45, 2.75) is 80.2 Å². The molecule has 2 aromatic rings. The zero-order valence-corrected chi connectivity index (χ0v) is 22.2. The summed E-state index contributed by atoms with van der Waals surface area (Å²) in [5.41, 5.74) is 0. The molecule has 4 atom stereocenters. The first-order chi connectivity index (χ1) is 14.0. The Morgan fingerprint density at radius 1 is 0.909 bits per heavy atom. The Bertz CT molecular complexity index is 683. The van der Waals surface area contributed by atoms with Crippen molar-refractivity contribution >= 4 is 34.6 Å². The Morgan fingerprint density at radius 3 is 1.91 bits per heavy atom. The average Bonchev–Trinajstić information content (AvgIpc) is 3.40. The smallest absolute Gasteiger partial charge is 0.205 e. The zero-order chi connectivity index (χ0) is 21.1. The van der Waals surface area contributed by atoms with Gasteiger partial charge in [0.05, 0.1) is 12.1 Å². The second kappa shape index (κ2) is 20.4. The second-order valence-electron chi connectivity index (χ2n) is 7.21. The predicted molar refractivity (Wildman–Crippen MR) is 147 cm³/mol. The molecular formula is C18H46B2N10OP2. The van der Waals surface area contributed by atoms with E-state index in [0.717, 1.165) is 51.3 Å². The van der Waals surface area contributed by atoms with E-state index in [0.29, 0.717) is 11.9 Å². The zero-order valence-electron chi connectivity index (χ0n) is 19.4. The molecule has 0 spiro atoms. The summed E-state index contributed by atoms with van der Waals surface area (Å²) in [6.07, 6.45) is 4.38. The van der Waals surface area contributed by atoms with Crippen LogP contribution in [0.2, 0.25) is 13.6 Å². The van der Waals surface area contributed by atoms with E-state index in [-0.39, 0.29) is 40.8 Å². The van der Waals surface area contributed by atoms with E-state index in [9.17, 15) is 0 Å². The van der Waals surface area contributed by atoms with Gasteiger partial charge < -0.3 is 14.7 Å². The Balaban J connectivity index is -0.000000416. The van der Waals surface area contributed by atoms with Crippen LogP contribution in [0.4, 0.5) is 0 Å². The van der Waals surface area contributed by atoms with Crippen molar-refractivity contribution in [3.63, 3.8) is 0 Å². The molecule has 2 radical (unpaired) electrons. The highest BCUT2D eigenvalue weighted by molar-refractivity contribution is 6.92. The van der Waals surface area contributed by atoms with Crippen molar-refractivity contribution in [3.8, 4) is 0 Å². The van der Waals surface area contributed by atoms with Crippen LogP contribution in [0.5, 0.6) is 0 Å². The molecule has 190 valence electrons. The van der Waals surface area contributed by atoms with Crippen molar-refractivity contribution in [3.05, 3.63) is 11.6 Å². The molecule has 2 N–H and O–H groups in total. The molecular weight excluding hydrogens is 456 g/mol. The maximum absolute atomic E-state index is 9.15. The fourth-order valence-electron chi connectivity index (χ4n) is 3.29. The number of hydrogen-bond acceptors (Lipinski definition) is 9. The fourth-order valence-corrected chi connectivity index (χ4v) is 3.29. The van der Waals surface area contributed by atoms with Gasteiger partial charge in [0, 0.05) is 13.1 Å². The summed E-state index contributed by atoms with van der Waals surface area (Å²) in [6.45, 7) is 11.8. The van der Waals surface area contributed by atoms with Crippen molar-refractivity contribution in [2.24, 2.45) is 0 Å². The lowest BCUT2D eigenvalue weighted by Gasteiger charge is -2.30. The quantitative estimate of drug-likeness (QED) is 0.472. The van der Waals surface area contributed by atoms with Gasteiger partial charge in [-0.3, -0.25) is 0 Å². The first-order valence-electron chi connectivity index (χ1n) is 10.2. The number of aryl methyl sites for hydroxylation is 2. The van der Waals surface area contributed by atoms with E-state index < -0.39 is 0 Å². The lowest BCUT2D eigenvalue weighted by Crippen LogP contribution is -2.39. The summed E-state index contributed by atoms with van der Waals surface area (Å²) in [5, 5.41) is 34.1. The number of nitrogens with zero attached hydrogens (tertiary/aromatic N) is 9. The number of aromatic amines is 1. The Morgan fingerprint density at radius 2 is 1.52 bits per heavy atom. The molecule has 4 rings (SSSR count). The summed E-state index contributed by atoms with van der Waals surface area (Å²) in [7, 11) is 4.18. The van der Waals surface area contributed by atoms with Gasteiger partial charge >= 0.3 is 0 Å². The molecule has 0 saturated carbocycles. The van der Waals surface area contributed by atoms with Crippen LogP contribution in [0.15, 0.2) is 0 Å². The minimum atomic E-state index is -0.0880. The van der Waals surface area contributed by atoms with E-state index in [1.165, 1.54) is 6.42 Å². The SMILES string of the molecule is C.C.C[B]N1CCCC(O)C1.C[B]N1CCCC(n2nnc(C)n2)C1.Cc1nn[nH]n1.P.P. The number of aliphatic hydroxyl groups is 1. The van der Waals surface area contributed by atoms with Crippen LogP contribution in [-0.2, 0) is 0 Å². The fraction of sp³-hybridized carbons (Fsp3) is 0.889. The van der Waals surface area contributed by atoms with Gasteiger partial charge in [-0.25, -0.2) is 0 Å².